The fraction of sp³-hybridized carbons (Fsp3) is 1.00. The third-order valence-corrected chi connectivity index (χ3v) is 3.45. The molecule has 0 aromatic rings. The molecule has 3 N–H and O–H groups in total. The molecule has 1 aliphatic heterocycles. The minimum Gasteiger partial charge on any atom is -0.394 e. The van der Waals surface area contributed by atoms with Crippen LogP contribution in [0.4, 0.5) is 0 Å². The summed E-state index contributed by atoms with van der Waals surface area (Å²) in [5, 5.41) is 29.2. The van der Waals surface area contributed by atoms with Gasteiger partial charge in [0.25, 0.3) is 0 Å². The Morgan fingerprint density at radius 1 is 1.12 bits per heavy atom. The van der Waals surface area contributed by atoms with E-state index in [1.807, 2.05) is 0 Å². The average Bonchev–Trinajstić information content (AvgIpc) is 2.31. The van der Waals surface area contributed by atoms with Gasteiger partial charge in [-0.15, -0.1) is 0 Å². The summed E-state index contributed by atoms with van der Waals surface area (Å²) >= 11 is 0. The number of hydrogen-bond acceptors (Lipinski definition) is 6. The van der Waals surface area contributed by atoms with Gasteiger partial charge >= 0.3 is 0 Å². The first-order valence-corrected chi connectivity index (χ1v) is 5.10. The summed E-state index contributed by atoms with van der Waals surface area (Å²) in [7, 11) is 2.75. The molecule has 6 heteroatoms. The van der Waals surface area contributed by atoms with E-state index in [-0.39, 0.29) is 6.61 Å². The molecule has 0 aliphatic carbocycles. The fourth-order valence-corrected chi connectivity index (χ4v) is 1.90. The highest BCUT2D eigenvalue weighted by Gasteiger charge is 2.58. The molecule has 1 aliphatic rings. The van der Waals surface area contributed by atoms with Crippen LogP contribution >= 0.6 is 0 Å². The lowest BCUT2D eigenvalue weighted by molar-refractivity contribution is -0.373. The minimum atomic E-state index is -1.36. The number of hydrogen-bond donors (Lipinski definition) is 3. The Morgan fingerprint density at radius 3 is 2.06 bits per heavy atom. The van der Waals surface area contributed by atoms with Crippen LogP contribution in [0.5, 0.6) is 0 Å². The summed E-state index contributed by atoms with van der Waals surface area (Å²) in [6.45, 7) is 2.73. The zero-order valence-corrected chi connectivity index (χ0v) is 10.0. The second kappa shape index (κ2) is 4.56. The van der Waals surface area contributed by atoms with Gasteiger partial charge in [0.15, 0.2) is 5.79 Å². The Labute approximate surface area is 94.7 Å². The molecular weight excluding hydrogens is 216 g/mol. The first kappa shape index (κ1) is 13.8. The molecule has 6 nitrogen and oxygen atoms in total. The van der Waals surface area contributed by atoms with E-state index in [1.54, 1.807) is 6.92 Å². The highest BCUT2D eigenvalue weighted by atomic mass is 16.7. The van der Waals surface area contributed by atoms with Crippen LogP contribution in [-0.4, -0.2) is 65.8 Å². The van der Waals surface area contributed by atoms with E-state index < -0.39 is 29.7 Å². The normalized spacial score (nSPS) is 49.3. The lowest BCUT2D eigenvalue weighted by Gasteiger charge is -2.52. The van der Waals surface area contributed by atoms with Gasteiger partial charge in [-0.25, -0.2) is 0 Å². The molecule has 1 rings (SSSR count). The van der Waals surface area contributed by atoms with E-state index in [4.69, 9.17) is 14.2 Å². The molecule has 16 heavy (non-hydrogen) atoms. The molecule has 1 heterocycles. The van der Waals surface area contributed by atoms with Crippen LogP contribution in [0.1, 0.15) is 13.8 Å². The van der Waals surface area contributed by atoms with Crippen LogP contribution in [0, 0.1) is 0 Å². The van der Waals surface area contributed by atoms with Crippen molar-refractivity contribution in [2.45, 2.75) is 43.5 Å². The first-order valence-electron chi connectivity index (χ1n) is 5.10. The predicted octanol–water partition coefficient (Wildman–Crippen LogP) is -1.13. The summed E-state index contributed by atoms with van der Waals surface area (Å²) in [6, 6.07) is 0. The topological polar surface area (TPSA) is 88.4 Å². The SMILES string of the molecule is COC1(C)OC(CO)C(C)(OC)C(O)C1O. The van der Waals surface area contributed by atoms with Crippen LogP contribution < -0.4 is 0 Å². The van der Waals surface area contributed by atoms with E-state index in [0.29, 0.717) is 0 Å². The zero-order valence-electron chi connectivity index (χ0n) is 10.0. The zero-order chi connectivity index (χ0) is 12.6. The maximum absolute atomic E-state index is 10.0. The summed E-state index contributed by atoms with van der Waals surface area (Å²) in [5.74, 6) is -1.36. The maximum atomic E-state index is 10.0. The van der Waals surface area contributed by atoms with Crippen LogP contribution in [0.2, 0.25) is 0 Å². The van der Waals surface area contributed by atoms with Crippen molar-refractivity contribution < 1.29 is 29.5 Å². The van der Waals surface area contributed by atoms with Crippen LogP contribution in [-0.2, 0) is 14.2 Å². The first-order chi connectivity index (χ1) is 7.35. The number of methoxy groups -OCH3 is 2. The van der Waals surface area contributed by atoms with Crippen molar-refractivity contribution in [1.29, 1.82) is 0 Å². The summed E-state index contributed by atoms with van der Waals surface area (Å²) in [4.78, 5) is 0. The van der Waals surface area contributed by atoms with E-state index in [1.165, 1.54) is 21.1 Å². The third kappa shape index (κ3) is 1.85. The molecule has 0 spiro atoms. The number of ether oxygens (including phenoxy) is 3. The summed E-state index contributed by atoms with van der Waals surface area (Å²) < 4.78 is 15.6. The molecular formula is C10H20O6. The molecule has 0 radical (unpaired) electrons. The summed E-state index contributed by atoms with van der Waals surface area (Å²) in [5.41, 5.74) is -1.17. The molecule has 0 aromatic heterocycles. The lowest BCUT2D eigenvalue weighted by Crippen LogP contribution is -2.70. The van der Waals surface area contributed by atoms with Gasteiger partial charge < -0.3 is 29.5 Å². The van der Waals surface area contributed by atoms with E-state index in [9.17, 15) is 15.3 Å². The van der Waals surface area contributed by atoms with E-state index >= 15 is 0 Å². The molecule has 0 bridgehead atoms. The van der Waals surface area contributed by atoms with Crippen molar-refractivity contribution in [3.63, 3.8) is 0 Å². The molecule has 5 atom stereocenters. The summed E-state index contributed by atoms with van der Waals surface area (Å²) in [6.07, 6.45) is -3.25. The highest BCUT2D eigenvalue weighted by molar-refractivity contribution is 5.03. The highest BCUT2D eigenvalue weighted by Crippen LogP contribution is 2.37. The predicted molar refractivity (Wildman–Crippen MR) is 54.8 cm³/mol. The van der Waals surface area contributed by atoms with Gasteiger partial charge in [0.2, 0.25) is 0 Å². The van der Waals surface area contributed by atoms with Gasteiger partial charge in [0, 0.05) is 14.2 Å². The monoisotopic (exact) mass is 236 g/mol. The molecule has 5 unspecified atom stereocenters. The minimum absolute atomic E-state index is 0.340. The number of rotatable bonds is 3. The molecule has 96 valence electrons. The van der Waals surface area contributed by atoms with E-state index in [2.05, 4.69) is 0 Å². The number of aliphatic hydroxyl groups excluding tert-OH is 3. The van der Waals surface area contributed by atoms with Crippen molar-refractivity contribution >= 4 is 0 Å². The van der Waals surface area contributed by atoms with Crippen LogP contribution in [0.25, 0.3) is 0 Å². The Kier molecular flexibility index (Phi) is 3.94. The van der Waals surface area contributed by atoms with Crippen LogP contribution in [0.15, 0.2) is 0 Å². The Morgan fingerprint density at radius 2 is 1.69 bits per heavy atom. The third-order valence-electron chi connectivity index (χ3n) is 3.45. The lowest BCUT2D eigenvalue weighted by atomic mass is 9.82. The quantitative estimate of drug-likeness (QED) is 0.574. The fourth-order valence-electron chi connectivity index (χ4n) is 1.90. The van der Waals surface area contributed by atoms with Gasteiger partial charge in [-0.05, 0) is 13.8 Å². The van der Waals surface area contributed by atoms with Crippen LogP contribution in [0.3, 0.4) is 0 Å². The van der Waals surface area contributed by atoms with Gasteiger partial charge in [-0.2, -0.15) is 0 Å². The second-order valence-electron chi connectivity index (χ2n) is 4.29. The average molecular weight is 236 g/mol. The second-order valence-corrected chi connectivity index (χ2v) is 4.29. The van der Waals surface area contributed by atoms with Gasteiger partial charge in [-0.1, -0.05) is 0 Å². The molecule has 0 saturated carbocycles. The van der Waals surface area contributed by atoms with Gasteiger partial charge in [-0.3, -0.25) is 0 Å². The maximum Gasteiger partial charge on any atom is 0.194 e. The smallest absolute Gasteiger partial charge is 0.194 e. The largest absolute Gasteiger partial charge is 0.394 e. The van der Waals surface area contributed by atoms with Crippen molar-refractivity contribution in [3.05, 3.63) is 0 Å². The van der Waals surface area contributed by atoms with Crippen molar-refractivity contribution in [2.24, 2.45) is 0 Å². The van der Waals surface area contributed by atoms with Gasteiger partial charge in [0.05, 0.1) is 6.61 Å². The number of aliphatic hydroxyl groups is 3. The van der Waals surface area contributed by atoms with Crippen molar-refractivity contribution in [2.75, 3.05) is 20.8 Å². The molecule has 0 amide bonds. The van der Waals surface area contributed by atoms with E-state index in [0.717, 1.165) is 0 Å². The Balaban J connectivity index is 3.04. The molecule has 0 aromatic carbocycles. The van der Waals surface area contributed by atoms with Crippen molar-refractivity contribution in [3.8, 4) is 0 Å². The van der Waals surface area contributed by atoms with Gasteiger partial charge in [0.1, 0.15) is 23.9 Å². The molecule has 1 saturated heterocycles. The Bertz CT molecular complexity index is 243. The van der Waals surface area contributed by atoms with Crippen molar-refractivity contribution in [1.82, 2.24) is 0 Å². The standard InChI is InChI=1S/C10H20O6/c1-9(14-3)6(5-11)16-10(2,15-4)8(13)7(9)12/h6-8,11-13H,5H2,1-4H3. The Hall–Kier alpha value is -0.240. The molecule has 1 fully saturated rings.